The van der Waals surface area contributed by atoms with Crippen LogP contribution < -0.4 is 40.4 Å². The first-order chi connectivity index (χ1) is 9.47. The molecule has 0 bridgehead atoms. The van der Waals surface area contributed by atoms with Gasteiger partial charge in [-0.1, -0.05) is 39.0 Å². The summed E-state index contributed by atoms with van der Waals surface area (Å²) in [5, 5.41) is 10.2. The summed E-state index contributed by atoms with van der Waals surface area (Å²) in [5.74, 6) is -2.76. The Balaban J connectivity index is 0. The van der Waals surface area contributed by atoms with Gasteiger partial charge in [0.05, 0.1) is 0 Å². The largest absolute Gasteiger partial charge is 1.00 e. The molecule has 7 heteroatoms. The minimum Gasteiger partial charge on any atom is -0.550 e. The maximum atomic E-state index is 11.4. The molecular weight excluding hydrogens is 285 g/mol. The number of aliphatic carboxylic acids is 1. The molecule has 0 aliphatic rings. The first kappa shape index (κ1) is 22.8. The van der Waals surface area contributed by atoms with E-state index in [1.807, 2.05) is 0 Å². The molecule has 0 amide bonds. The van der Waals surface area contributed by atoms with E-state index in [9.17, 15) is 19.5 Å². The minimum absolute atomic E-state index is 0. The summed E-state index contributed by atoms with van der Waals surface area (Å²) in [6.07, 6.45) is 5.96. The summed E-state index contributed by atoms with van der Waals surface area (Å²) in [5.41, 5.74) is 5.41. The second-order valence-corrected chi connectivity index (χ2v) is 4.83. The van der Waals surface area contributed by atoms with Gasteiger partial charge in [0.15, 0.2) is 0 Å². The first-order valence-electron chi connectivity index (χ1n) is 7.17. The number of hydrogen-bond donors (Lipinski definition) is 1. The van der Waals surface area contributed by atoms with Crippen LogP contribution in [0.2, 0.25) is 0 Å². The van der Waals surface area contributed by atoms with Crippen LogP contribution in [-0.2, 0) is 19.1 Å². The minimum atomic E-state index is -1.29. The molecule has 0 aromatic heterocycles. The maximum Gasteiger partial charge on any atom is 1.00 e. The van der Waals surface area contributed by atoms with Gasteiger partial charge in [-0.2, -0.15) is 0 Å². The number of esters is 2. The number of carbonyl (C=O) groups is 3. The van der Waals surface area contributed by atoms with Crippen LogP contribution in [0.1, 0.15) is 64.7 Å². The monoisotopic (exact) mass is 309 g/mol. The zero-order chi connectivity index (χ0) is 15.4. The molecule has 0 heterocycles. The van der Waals surface area contributed by atoms with E-state index in [4.69, 9.17) is 5.73 Å². The fourth-order valence-corrected chi connectivity index (χ4v) is 1.68. The molecule has 0 rings (SSSR count). The number of ether oxygens (including phenoxy) is 1. The van der Waals surface area contributed by atoms with Crippen molar-refractivity contribution in [3.63, 3.8) is 0 Å². The van der Waals surface area contributed by atoms with Crippen molar-refractivity contribution in [2.45, 2.75) is 70.8 Å². The smallest absolute Gasteiger partial charge is 0.550 e. The van der Waals surface area contributed by atoms with E-state index in [2.05, 4.69) is 11.7 Å². The Labute approximate surface area is 148 Å². The maximum absolute atomic E-state index is 11.4. The van der Waals surface area contributed by atoms with E-state index >= 15 is 0 Å². The Morgan fingerprint density at radius 1 is 1.05 bits per heavy atom. The van der Waals surface area contributed by atoms with E-state index in [1.165, 1.54) is 12.8 Å². The summed E-state index contributed by atoms with van der Waals surface area (Å²) in [6.45, 7) is 2.13. The summed E-state index contributed by atoms with van der Waals surface area (Å²) in [6, 6.07) is -1.10. The number of unbranched alkanes of at least 4 members (excludes halogenated alkanes) is 5. The van der Waals surface area contributed by atoms with Gasteiger partial charge in [0.25, 0.3) is 0 Å². The second-order valence-electron chi connectivity index (χ2n) is 4.83. The Kier molecular flexibility index (Phi) is 15.8. The third-order valence-electron chi connectivity index (χ3n) is 2.91. The van der Waals surface area contributed by atoms with Crippen molar-refractivity contribution in [2.75, 3.05) is 0 Å². The van der Waals surface area contributed by atoms with Crippen molar-refractivity contribution in [1.29, 1.82) is 0 Å². The molecule has 6 nitrogen and oxygen atoms in total. The van der Waals surface area contributed by atoms with E-state index < -0.39 is 23.9 Å². The van der Waals surface area contributed by atoms with Gasteiger partial charge in [-0.05, 0) is 19.3 Å². The molecule has 2 N–H and O–H groups in total. The molecule has 0 aromatic rings. The molecule has 0 radical (unpaired) electrons. The molecule has 1 atom stereocenters. The normalized spacial score (nSPS) is 11.3. The number of carboxylic acid groups (broad SMARTS) is 1. The van der Waals surface area contributed by atoms with Crippen LogP contribution in [0.4, 0.5) is 0 Å². The van der Waals surface area contributed by atoms with E-state index in [0.717, 1.165) is 19.3 Å². The van der Waals surface area contributed by atoms with Crippen molar-refractivity contribution < 1.29 is 53.8 Å². The molecule has 0 aromatic carbocycles. The predicted octanol–water partition coefficient (Wildman–Crippen LogP) is -2.33. The number of carboxylic acids is 1. The molecule has 21 heavy (non-hydrogen) atoms. The van der Waals surface area contributed by atoms with Crippen LogP contribution >= 0.6 is 0 Å². The van der Waals surface area contributed by atoms with Crippen molar-refractivity contribution in [3.05, 3.63) is 0 Å². The zero-order valence-electron chi connectivity index (χ0n) is 13.1. The Bertz CT molecular complexity index is 322. The standard InChI is InChI=1S/C14H25NO5.Na/c1-2-3-4-5-6-7-8-13(18)20-14(19)11(15)9-10-12(16)17;/h11H,2-10,15H2,1H3,(H,16,17);/q;+1/p-1. The zero-order valence-corrected chi connectivity index (χ0v) is 15.1. The SMILES string of the molecule is CCCCCCCCC(=O)OC(=O)C(N)CCC(=O)[O-].[Na+]. The van der Waals surface area contributed by atoms with Crippen molar-refractivity contribution in [1.82, 2.24) is 0 Å². The molecule has 0 aliphatic carbocycles. The van der Waals surface area contributed by atoms with Crippen LogP contribution in [0.15, 0.2) is 0 Å². The number of nitrogens with two attached hydrogens (primary N) is 1. The predicted molar refractivity (Wildman–Crippen MR) is 71.3 cm³/mol. The molecule has 0 aliphatic heterocycles. The van der Waals surface area contributed by atoms with E-state index in [0.29, 0.717) is 6.42 Å². The van der Waals surface area contributed by atoms with Crippen molar-refractivity contribution in [3.8, 4) is 0 Å². The molecule has 116 valence electrons. The topological polar surface area (TPSA) is 110 Å². The fraction of sp³-hybridized carbons (Fsp3) is 0.786. The Morgan fingerprint density at radius 3 is 2.19 bits per heavy atom. The van der Waals surface area contributed by atoms with Gasteiger partial charge in [-0.3, -0.25) is 4.79 Å². The van der Waals surface area contributed by atoms with Crippen LogP contribution in [0.3, 0.4) is 0 Å². The Hall–Kier alpha value is -0.430. The fourth-order valence-electron chi connectivity index (χ4n) is 1.68. The second kappa shape index (κ2) is 14.5. The number of hydrogen-bond acceptors (Lipinski definition) is 6. The first-order valence-corrected chi connectivity index (χ1v) is 7.17. The molecule has 0 fully saturated rings. The summed E-state index contributed by atoms with van der Waals surface area (Å²) >= 11 is 0. The van der Waals surface area contributed by atoms with Crippen LogP contribution in [-0.4, -0.2) is 23.9 Å². The van der Waals surface area contributed by atoms with Gasteiger partial charge < -0.3 is 20.4 Å². The number of rotatable bonds is 11. The van der Waals surface area contributed by atoms with Crippen LogP contribution in [0.25, 0.3) is 0 Å². The summed E-state index contributed by atoms with van der Waals surface area (Å²) in [7, 11) is 0. The molecule has 0 saturated carbocycles. The van der Waals surface area contributed by atoms with E-state index in [1.54, 1.807) is 0 Å². The average Bonchev–Trinajstić information content (AvgIpc) is 2.39. The van der Waals surface area contributed by atoms with Gasteiger partial charge in [-0.15, -0.1) is 0 Å². The molecule has 0 spiro atoms. The van der Waals surface area contributed by atoms with Gasteiger partial charge in [0.2, 0.25) is 0 Å². The summed E-state index contributed by atoms with van der Waals surface area (Å²) in [4.78, 5) is 32.9. The summed E-state index contributed by atoms with van der Waals surface area (Å²) < 4.78 is 4.56. The van der Waals surface area contributed by atoms with Crippen LogP contribution in [0.5, 0.6) is 0 Å². The van der Waals surface area contributed by atoms with Crippen molar-refractivity contribution in [2.24, 2.45) is 5.73 Å². The third-order valence-corrected chi connectivity index (χ3v) is 2.91. The van der Waals surface area contributed by atoms with Gasteiger partial charge in [0, 0.05) is 12.4 Å². The molecule has 1 unspecified atom stereocenters. The van der Waals surface area contributed by atoms with E-state index in [-0.39, 0.29) is 48.8 Å². The quantitative estimate of drug-likeness (QED) is 0.198. The van der Waals surface area contributed by atoms with Gasteiger partial charge in [0.1, 0.15) is 6.04 Å². The van der Waals surface area contributed by atoms with Crippen molar-refractivity contribution >= 4 is 17.9 Å². The average molecular weight is 309 g/mol. The number of carbonyl (C=O) groups excluding carboxylic acids is 3. The Morgan fingerprint density at radius 2 is 1.62 bits per heavy atom. The van der Waals surface area contributed by atoms with Gasteiger partial charge in [-0.25, -0.2) is 4.79 Å². The molecular formula is C14H24NNaO5. The van der Waals surface area contributed by atoms with Gasteiger partial charge >= 0.3 is 41.5 Å². The molecule has 0 saturated heterocycles. The van der Waals surface area contributed by atoms with Crippen LogP contribution in [0, 0.1) is 0 Å². The third kappa shape index (κ3) is 14.3.